The Balaban J connectivity index is 1.64. The second-order valence-corrected chi connectivity index (χ2v) is 6.85. The van der Waals surface area contributed by atoms with Gasteiger partial charge in [-0.1, -0.05) is 42.0 Å². The minimum absolute atomic E-state index is 0.0141. The van der Waals surface area contributed by atoms with Crippen molar-refractivity contribution in [3.05, 3.63) is 101 Å². The van der Waals surface area contributed by atoms with Gasteiger partial charge < -0.3 is 15.2 Å². The first-order valence-electron chi connectivity index (χ1n) is 9.49. The first kappa shape index (κ1) is 21.3. The van der Waals surface area contributed by atoms with Crippen molar-refractivity contribution in [3.8, 4) is 11.8 Å². The third-order valence-corrected chi connectivity index (χ3v) is 4.45. The number of nitriles is 1. The molecule has 0 saturated carbocycles. The molecule has 2 N–H and O–H groups in total. The second-order valence-electron chi connectivity index (χ2n) is 6.85. The molecule has 0 spiro atoms. The summed E-state index contributed by atoms with van der Waals surface area (Å²) in [6, 6.07) is 22.7. The van der Waals surface area contributed by atoms with Crippen molar-refractivity contribution in [1.29, 1.82) is 5.26 Å². The van der Waals surface area contributed by atoms with Crippen LogP contribution in [0.5, 0.6) is 5.75 Å². The molecule has 0 atom stereocenters. The Bertz CT molecular complexity index is 1160. The highest BCUT2D eigenvalue weighted by molar-refractivity contribution is 6.09. The van der Waals surface area contributed by atoms with E-state index >= 15 is 0 Å². The van der Waals surface area contributed by atoms with Gasteiger partial charge in [0, 0.05) is 5.69 Å². The van der Waals surface area contributed by atoms with Gasteiger partial charge in [-0.3, -0.25) is 4.79 Å². The fourth-order valence-electron chi connectivity index (χ4n) is 2.77. The Morgan fingerprint density at radius 1 is 1.06 bits per heavy atom. The SMILES string of the molecule is Cc1ccc(NC(=O)/C(C#N)=C\c2ccc(OCc3cccc(C(=O)O)c3)cc2)cc1. The lowest BCUT2D eigenvalue weighted by Gasteiger charge is -2.08. The van der Waals surface area contributed by atoms with E-state index in [9.17, 15) is 14.9 Å². The van der Waals surface area contributed by atoms with Crippen molar-refractivity contribution in [1.82, 2.24) is 0 Å². The Morgan fingerprint density at radius 3 is 2.42 bits per heavy atom. The van der Waals surface area contributed by atoms with E-state index < -0.39 is 11.9 Å². The number of anilines is 1. The summed E-state index contributed by atoms with van der Waals surface area (Å²) in [6.45, 7) is 2.17. The summed E-state index contributed by atoms with van der Waals surface area (Å²) in [4.78, 5) is 23.4. The molecule has 0 aromatic heterocycles. The smallest absolute Gasteiger partial charge is 0.335 e. The number of carboxylic acids is 1. The van der Waals surface area contributed by atoms with Crippen LogP contribution in [0.4, 0.5) is 5.69 Å². The van der Waals surface area contributed by atoms with Crippen LogP contribution in [-0.4, -0.2) is 17.0 Å². The summed E-state index contributed by atoms with van der Waals surface area (Å²) in [7, 11) is 0. The van der Waals surface area contributed by atoms with E-state index in [0.717, 1.165) is 11.1 Å². The van der Waals surface area contributed by atoms with E-state index in [1.807, 2.05) is 25.1 Å². The van der Waals surface area contributed by atoms with Gasteiger partial charge in [0.05, 0.1) is 5.56 Å². The maximum Gasteiger partial charge on any atom is 0.335 e. The fourth-order valence-corrected chi connectivity index (χ4v) is 2.77. The molecule has 0 radical (unpaired) electrons. The van der Waals surface area contributed by atoms with Gasteiger partial charge in [-0.05, 0) is 60.5 Å². The average molecular weight is 412 g/mol. The lowest BCUT2D eigenvalue weighted by molar-refractivity contribution is -0.112. The molecule has 1 amide bonds. The van der Waals surface area contributed by atoms with E-state index in [1.54, 1.807) is 54.6 Å². The molecule has 0 unspecified atom stereocenters. The zero-order valence-electron chi connectivity index (χ0n) is 16.8. The third-order valence-electron chi connectivity index (χ3n) is 4.45. The van der Waals surface area contributed by atoms with Gasteiger partial charge in [-0.25, -0.2) is 4.79 Å². The first-order chi connectivity index (χ1) is 14.9. The third kappa shape index (κ3) is 6.05. The monoisotopic (exact) mass is 412 g/mol. The highest BCUT2D eigenvalue weighted by Gasteiger charge is 2.10. The molecule has 3 aromatic carbocycles. The zero-order chi connectivity index (χ0) is 22.2. The molecule has 6 nitrogen and oxygen atoms in total. The van der Waals surface area contributed by atoms with E-state index in [1.165, 1.54) is 12.1 Å². The van der Waals surface area contributed by atoms with Gasteiger partial charge in [0.25, 0.3) is 5.91 Å². The number of benzene rings is 3. The molecule has 0 aliphatic carbocycles. The van der Waals surface area contributed by atoms with E-state index in [2.05, 4.69) is 5.32 Å². The van der Waals surface area contributed by atoms with E-state index in [0.29, 0.717) is 17.0 Å². The molecule has 0 saturated heterocycles. The van der Waals surface area contributed by atoms with Gasteiger partial charge in [0.15, 0.2) is 0 Å². The van der Waals surface area contributed by atoms with Crippen LogP contribution in [0, 0.1) is 18.3 Å². The quantitative estimate of drug-likeness (QED) is 0.428. The summed E-state index contributed by atoms with van der Waals surface area (Å²) in [5.74, 6) is -0.886. The molecule has 0 fully saturated rings. The van der Waals surface area contributed by atoms with Gasteiger partial charge in [0.1, 0.15) is 24.0 Å². The van der Waals surface area contributed by atoms with Crippen LogP contribution in [-0.2, 0) is 11.4 Å². The largest absolute Gasteiger partial charge is 0.489 e. The first-order valence-corrected chi connectivity index (χ1v) is 9.49. The minimum atomic E-state index is -0.988. The van der Waals surface area contributed by atoms with E-state index in [4.69, 9.17) is 9.84 Å². The number of amides is 1. The summed E-state index contributed by atoms with van der Waals surface area (Å²) in [5, 5.41) is 21.1. The molecule has 0 aliphatic heterocycles. The zero-order valence-corrected chi connectivity index (χ0v) is 16.8. The van der Waals surface area contributed by atoms with Gasteiger partial charge >= 0.3 is 5.97 Å². The van der Waals surface area contributed by atoms with Crippen molar-refractivity contribution in [2.24, 2.45) is 0 Å². The summed E-state index contributed by atoms with van der Waals surface area (Å²) in [6.07, 6.45) is 1.50. The van der Waals surface area contributed by atoms with Crippen LogP contribution in [0.2, 0.25) is 0 Å². The Labute approximate surface area is 180 Å². The van der Waals surface area contributed by atoms with Crippen molar-refractivity contribution >= 4 is 23.6 Å². The molecule has 0 heterocycles. The second kappa shape index (κ2) is 9.90. The normalized spacial score (nSPS) is 10.8. The number of nitrogens with zero attached hydrogens (tertiary/aromatic N) is 1. The molecule has 6 heteroatoms. The topological polar surface area (TPSA) is 99.4 Å². The Morgan fingerprint density at radius 2 is 1.77 bits per heavy atom. The van der Waals surface area contributed by atoms with Crippen LogP contribution < -0.4 is 10.1 Å². The van der Waals surface area contributed by atoms with Crippen molar-refractivity contribution < 1.29 is 19.4 Å². The number of carbonyl (C=O) groups is 2. The lowest BCUT2D eigenvalue weighted by atomic mass is 10.1. The van der Waals surface area contributed by atoms with Gasteiger partial charge in [-0.2, -0.15) is 5.26 Å². The molecular weight excluding hydrogens is 392 g/mol. The number of aromatic carboxylic acids is 1. The fraction of sp³-hybridized carbons (Fsp3) is 0.0800. The summed E-state index contributed by atoms with van der Waals surface area (Å²) in [5.41, 5.74) is 3.30. The maximum atomic E-state index is 12.4. The van der Waals surface area contributed by atoms with E-state index in [-0.39, 0.29) is 17.7 Å². The van der Waals surface area contributed by atoms with Gasteiger partial charge in [0.2, 0.25) is 0 Å². The molecule has 0 aliphatic rings. The number of carboxylic acid groups (broad SMARTS) is 1. The number of aryl methyl sites for hydroxylation is 1. The van der Waals surface area contributed by atoms with Crippen LogP contribution in [0.1, 0.15) is 27.0 Å². The number of nitrogens with one attached hydrogen (secondary N) is 1. The minimum Gasteiger partial charge on any atom is -0.489 e. The predicted molar refractivity (Wildman–Crippen MR) is 118 cm³/mol. The maximum absolute atomic E-state index is 12.4. The molecule has 154 valence electrons. The van der Waals surface area contributed by atoms with Crippen LogP contribution in [0.15, 0.2) is 78.4 Å². The Hall–Kier alpha value is -4.37. The van der Waals surface area contributed by atoms with Crippen molar-refractivity contribution in [2.45, 2.75) is 13.5 Å². The summed E-state index contributed by atoms with van der Waals surface area (Å²) >= 11 is 0. The number of hydrogen-bond donors (Lipinski definition) is 2. The summed E-state index contributed by atoms with van der Waals surface area (Å²) < 4.78 is 5.69. The number of ether oxygens (including phenoxy) is 1. The molecule has 31 heavy (non-hydrogen) atoms. The van der Waals surface area contributed by atoms with Crippen molar-refractivity contribution in [3.63, 3.8) is 0 Å². The predicted octanol–water partition coefficient (Wildman–Crippen LogP) is 4.82. The van der Waals surface area contributed by atoms with Crippen LogP contribution in [0.3, 0.4) is 0 Å². The Kier molecular flexibility index (Phi) is 6.82. The molecule has 0 bridgehead atoms. The highest BCUT2D eigenvalue weighted by atomic mass is 16.5. The molecule has 3 rings (SSSR count). The lowest BCUT2D eigenvalue weighted by Crippen LogP contribution is -2.13. The standard InChI is InChI=1S/C25H20N2O4/c1-17-5-9-22(10-6-17)27-24(28)21(15-26)13-18-7-11-23(12-8-18)31-16-19-3-2-4-20(14-19)25(29)30/h2-14H,16H2,1H3,(H,27,28)(H,29,30)/b21-13-. The van der Waals surface area contributed by atoms with Gasteiger partial charge in [-0.15, -0.1) is 0 Å². The number of hydrogen-bond acceptors (Lipinski definition) is 4. The number of carbonyl (C=O) groups excluding carboxylic acids is 1. The van der Waals surface area contributed by atoms with Crippen LogP contribution >= 0.6 is 0 Å². The highest BCUT2D eigenvalue weighted by Crippen LogP contribution is 2.17. The number of rotatable bonds is 7. The van der Waals surface area contributed by atoms with Crippen LogP contribution in [0.25, 0.3) is 6.08 Å². The molecule has 3 aromatic rings. The average Bonchev–Trinajstić information content (AvgIpc) is 2.78. The molecular formula is C25H20N2O4. The van der Waals surface area contributed by atoms with Crippen molar-refractivity contribution in [2.75, 3.05) is 5.32 Å².